The van der Waals surface area contributed by atoms with Gasteiger partial charge in [0, 0.05) is 17.0 Å². The second-order valence-electron chi connectivity index (χ2n) is 4.81. The van der Waals surface area contributed by atoms with Gasteiger partial charge in [-0.3, -0.25) is 9.59 Å². The highest BCUT2D eigenvalue weighted by Gasteiger charge is 2.13. The van der Waals surface area contributed by atoms with E-state index < -0.39 is 5.97 Å². The van der Waals surface area contributed by atoms with Crippen LogP contribution in [-0.4, -0.2) is 15.9 Å². The number of nitrogens with zero attached hydrogens (tertiary/aromatic N) is 1. The minimum Gasteiger partial charge on any atom is -0.426 e. The van der Waals surface area contributed by atoms with Crippen LogP contribution < -0.4 is 10.3 Å². The summed E-state index contributed by atoms with van der Waals surface area (Å²) in [6.07, 6.45) is 0. The van der Waals surface area contributed by atoms with Gasteiger partial charge in [0.15, 0.2) is 0 Å². The zero-order valence-corrected chi connectivity index (χ0v) is 13.4. The fourth-order valence-corrected chi connectivity index (χ4v) is 2.51. The monoisotopic (exact) mass is 348 g/mol. The number of carbonyl (C=O) groups excluding carboxylic acids is 1. The van der Waals surface area contributed by atoms with Crippen molar-refractivity contribution in [2.24, 2.45) is 0 Å². The summed E-state index contributed by atoms with van der Waals surface area (Å²) in [5.74, 6) is 0.0328. The normalized spacial score (nSPS) is 10.7. The van der Waals surface area contributed by atoms with Gasteiger partial charge in [0.05, 0.1) is 16.5 Å². The molecule has 0 spiro atoms. The molecule has 0 saturated heterocycles. The Morgan fingerprint density at radius 3 is 2.57 bits per heavy atom. The molecule has 3 aromatic rings. The summed E-state index contributed by atoms with van der Waals surface area (Å²) >= 11 is 11.9. The predicted octanol–water partition coefficient (Wildman–Crippen LogP) is 3.82. The molecule has 0 atom stereocenters. The largest absolute Gasteiger partial charge is 0.426 e. The van der Waals surface area contributed by atoms with Crippen LogP contribution in [0.4, 0.5) is 0 Å². The van der Waals surface area contributed by atoms with Crippen LogP contribution in [0.3, 0.4) is 0 Å². The van der Waals surface area contributed by atoms with Crippen molar-refractivity contribution in [3.8, 4) is 17.1 Å². The van der Waals surface area contributed by atoms with Crippen molar-refractivity contribution < 1.29 is 9.53 Å². The van der Waals surface area contributed by atoms with Crippen molar-refractivity contribution >= 4 is 40.1 Å². The predicted molar refractivity (Wildman–Crippen MR) is 89.1 cm³/mol. The van der Waals surface area contributed by atoms with Crippen molar-refractivity contribution in [1.82, 2.24) is 9.97 Å². The highest BCUT2D eigenvalue weighted by molar-refractivity contribution is 6.31. The minimum atomic E-state index is -0.483. The van der Waals surface area contributed by atoms with Gasteiger partial charge < -0.3 is 9.72 Å². The molecule has 5 nitrogen and oxygen atoms in total. The molecule has 1 heterocycles. The van der Waals surface area contributed by atoms with Gasteiger partial charge >= 0.3 is 5.97 Å². The third kappa shape index (κ3) is 3.21. The van der Waals surface area contributed by atoms with Crippen molar-refractivity contribution in [2.75, 3.05) is 0 Å². The summed E-state index contributed by atoms with van der Waals surface area (Å²) in [5.41, 5.74) is 0.546. The van der Waals surface area contributed by atoms with Gasteiger partial charge in [-0.15, -0.1) is 0 Å². The number of carbonyl (C=O) groups is 1. The summed E-state index contributed by atoms with van der Waals surface area (Å²) in [5, 5.41) is 1.24. The fraction of sp³-hybridized carbons (Fsp3) is 0.0625. The maximum absolute atomic E-state index is 12.2. The highest BCUT2D eigenvalue weighted by atomic mass is 35.5. The first-order chi connectivity index (χ1) is 10.9. The van der Waals surface area contributed by atoms with E-state index in [1.807, 2.05) is 0 Å². The first-order valence-corrected chi connectivity index (χ1v) is 7.37. The fourth-order valence-electron chi connectivity index (χ4n) is 2.17. The van der Waals surface area contributed by atoms with Crippen LogP contribution in [0.25, 0.3) is 22.3 Å². The number of esters is 1. The van der Waals surface area contributed by atoms with Crippen LogP contribution in [0.2, 0.25) is 10.0 Å². The molecule has 1 aromatic heterocycles. The van der Waals surface area contributed by atoms with E-state index in [1.165, 1.54) is 13.0 Å². The molecule has 0 aliphatic rings. The molecule has 0 radical (unpaired) electrons. The first-order valence-electron chi connectivity index (χ1n) is 6.62. The van der Waals surface area contributed by atoms with Crippen LogP contribution in [0.15, 0.2) is 41.2 Å². The molecular weight excluding hydrogens is 339 g/mol. The van der Waals surface area contributed by atoms with Crippen LogP contribution in [-0.2, 0) is 4.79 Å². The first kappa shape index (κ1) is 15.5. The SMILES string of the molecule is CC(=O)Oc1ccc(Cl)cc1-c1nc2ccc(Cl)cc2c(=O)[nH]1. The van der Waals surface area contributed by atoms with E-state index in [0.29, 0.717) is 26.5 Å². The van der Waals surface area contributed by atoms with Crippen LogP contribution in [0.5, 0.6) is 5.75 Å². The average Bonchev–Trinajstić information content (AvgIpc) is 2.49. The number of H-pyrrole nitrogens is 1. The number of halogens is 2. The number of nitrogens with one attached hydrogen (secondary N) is 1. The van der Waals surface area contributed by atoms with Crippen LogP contribution >= 0.6 is 23.2 Å². The Balaban J connectivity index is 2.24. The number of ether oxygens (including phenoxy) is 1. The summed E-state index contributed by atoms with van der Waals surface area (Å²) in [6, 6.07) is 9.53. The molecule has 0 aliphatic carbocycles. The Morgan fingerprint density at radius 1 is 1.13 bits per heavy atom. The van der Waals surface area contributed by atoms with Gasteiger partial charge in [0.1, 0.15) is 11.6 Å². The third-order valence-electron chi connectivity index (χ3n) is 3.12. The molecule has 0 unspecified atom stereocenters. The van der Waals surface area contributed by atoms with Gasteiger partial charge in [-0.05, 0) is 36.4 Å². The van der Waals surface area contributed by atoms with E-state index in [1.54, 1.807) is 30.3 Å². The molecule has 1 N–H and O–H groups in total. The molecule has 0 bridgehead atoms. The van der Waals surface area contributed by atoms with Crippen molar-refractivity contribution in [1.29, 1.82) is 0 Å². The van der Waals surface area contributed by atoms with Gasteiger partial charge in [-0.2, -0.15) is 0 Å². The lowest BCUT2D eigenvalue weighted by Gasteiger charge is -2.09. The van der Waals surface area contributed by atoms with Crippen molar-refractivity contribution in [3.05, 3.63) is 56.8 Å². The molecule has 0 aliphatic heterocycles. The van der Waals surface area contributed by atoms with Crippen molar-refractivity contribution in [2.45, 2.75) is 6.92 Å². The Hall–Kier alpha value is -2.37. The Morgan fingerprint density at radius 2 is 1.83 bits per heavy atom. The Bertz CT molecular complexity index is 983. The van der Waals surface area contributed by atoms with E-state index in [0.717, 1.165) is 0 Å². The highest BCUT2D eigenvalue weighted by Crippen LogP contribution is 2.31. The van der Waals surface area contributed by atoms with Gasteiger partial charge in [-0.25, -0.2) is 4.98 Å². The molecule has 7 heteroatoms. The molecular formula is C16H10Cl2N2O3. The van der Waals surface area contributed by atoms with E-state index in [4.69, 9.17) is 27.9 Å². The standard InChI is InChI=1S/C16H10Cl2N2O3/c1-8(21)23-14-5-3-10(18)7-12(14)15-19-13-4-2-9(17)6-11(13)16(22)20-15/h2-7H,1H3,(H,19,20,22). The maximum Gasteiger partial charge on any atom is 0.308 e. The van der Waals surface area contributed by atoms with Crippen molar-refractivity contribution in [3.63, 3.8) is 0 Å². The lowest BCUT2D eigenvalue weighted by atomic mass is 10.1. The Kier molecular flexibility index (Phi) is 4.07. The molecule has 23 heavy (non-hydrogen) atoms. The van der Waals surface area contributed by atoms with Gasteiger partial charge in [-0.1, -0.05) is 23.2 Å². The van der Waals surface area contributed by atoms with E-state index in [-0.39, 0.29) is 17.1 Å². The lowest BCUT2D eigenvalue weighted by Crippen LogP contribution is -2.10. The Labute approximate surface area is 140 Å². The summed E-state index contributed by atoms with van der Waals surface area (Å²) in [7, 11) is 0. The summed E-state index contributed by atoms with van der Waals surface area (Å²) < 4.78 is 5.15. The van der Waals surface area contributed by atoms with E-state index in [9.17, 15) is 9.59 Å². The number of rotatable bonds is 2. The number of benzene rings is 2. The smallest absolute Gasteiger partial charge is 0.308 e. The van der Waals surface area contributed by atoms with Gasteiger partial charge in [0.25, 0.3) is 5.56 Å². The molecule has 0 amide bonds. The summed E-state index contributed by atoms with van der Waals surface area (Å²) in [4.78, 5) is 30.5. The number of hydrogen-bond acceptors (Lipinski definition) is 4. The third-order valence-corrected chi connectivity index (χ3v) is 3.59. The number of hydrogen-bond donors (Lipinski definition) is 1. The van der Waals surface area contributed by atoms with E-state index in [2.05, 4.69) is 9.97 Å². The van der Waals surface area contributed by atoms with Crippen LogP contribution in [0, 0.1) is 0 Å². The second-order valence-corrected chi connectivity index (χ2v) is 5.68. The second kappa shape index (κ2) is 6.02. The van der Waals surface area contributed by atoms with Gasteiger partial charge in [0.2, 0.25) is 0 Å². The zero-order valence-electron chi connectivity index (χ0n) is 11.9. The topological polar surface area (TPSA) is 72.0 Å². The molecule has 116 valence electrons. The zero-order chi connectivity index (χ0) is 16.6. The van der Waals surface area contributed by atoms with E-state index >= 15 is 0 Å². The maximum atomic E-state index is 12.2. The van der Waals surface area contributed by atoms with Crippen LogP contribution in [0.1, 0.15) is 6.92 Å². The average molecular weight is 349 g/mol. The number of aromatic nitrogens is 2. The number of aromatic amines is 1. The minimum absolute atomic E-state index is 0.253. The molecule has 2 aromatic carbocycles. The quantitative estimate of drug-likeness (QED) is 0.564. The lowest BCUT2D eigenvalue weighted by molar-refractivity contribution is -0.131. The number of fused-ring (bicyclic) bond motifs is 1. The molecule has 3 rings (SSSR count). The molecule has 0 saturated carbocycles. The molecule has 0 fully saturated rings. The summed E-state index contributed by atoms with van der Waals surface area (Å²) in [6.45, 7) is 1.29.